The first-order valence-corrected chi connectivity index (χ1v) is 4.77. The summed E-state index contributed by atoms with van der Waals surface area (Å²) in [6.45, 7) is 2.68. The predicted molar refractivity (Wildman–Crippen MR) is 50.9 cm³/mol. The molecule has 0 aromatic carbocycles. The van der Waals surface area contributed by atoms with Gasteiger partial charge in [-0.2, -0.15) is 0 Å². The van der Waals surface area contributed by atoms with E-state index in [4.69, 9.17) is 5.11 Å². The smallest absolute Gasteiger partial charge is 0.304 e. The maximum atomic E-state index is 11.3. The van der Waals surface area contributed by atoms with Gasteiger partial charge in [0.1, 0.15) is 0 Å². The second kappa shape index (κ2) is 4.95. The van der Waals surface area contributed by atoms with Gasteiger partial charge in [-0.25, -0.2) is 0 Å². The van der Waals surface area contributed by atoms with E-state index in [0.29, 0.717) is 26.1 Å². The van der Waals surface area contributed by atoms with E-state index in [0.717, 1.165) is 6.54 Å². The third kappa shape index (κ3) is 3.33. The number of hydrogen-bond acceptors (Lipinski definition) is 3. The van der Waals surface area contributed by atoms with Crippen molar-refractivity contribution in [3.05, 3.63) is 0 Å². The Morgan fingerprint density at radius 2 is 2.14 bits per heavy atom. The fraction of sp³-hybridized carbons (Fsp3) is 0.778. The molecule has 1 saturated heterocycles. The minimum absolute atomic E-state index is 0.142. The van der Waals surface area contributed by atoms with Crippen molar-refractivity contribution in [1.82, 2.24) is 9.80 Å². The van der Waals surface area contributed by atoms with Crippen molar-refractivity contribution in [1.29, 1.82) is 0 Å². The monoisotopic (exact) mass is 200 g/mol. The van der Waals surface area contributed by atoms with Crippen LogP contribution in [0.25, 0.3) is 0 Å². The zero-order valence-corrected chi connectivity index (χ0v) is 8.40. The Morgan fingerprint density at radius 1 is 1.43 bits per heavy atom. The molecule has 0 atom stereocenters. The molecule has 14 heavy (non-hydrogen) atoms. The van der Waals surface area contributed by atoms with Gasteiger partial charge < -0.3 is 14.9 Å². The zero-order valence-electron chi connectivity index (χ0n) is 8.40. The van der Waals surface area contributed by atoms with Gasteiger partial charge in [-0.3, -0.25) is 9.59 Å². The Bertz CT molecular complexity index is 228. The number of carbonyl (C=O) groups excluding carboxylic acids is 1. The third-order valence-corrected chi connectivity index (χ3v) is 2.46. The summed E-state index contributed by atoms with van der Waals surface area (Å²) >= 11 is 0. The van der Waals surface area contributed by atoms with Crippen molar-refractivity contribution in [2.24, 2.45) is 0 Å². The van der Waals surface area contributed by atoms with Gasteiger partial charge in [0, 0.05) is 39.6 Å². The standard InChI is InChI=1S/C9H16N2O3/c1-10-6-7-11(4-2-8(10)12)5-3-9(13)14/h2-7H2,1H3,(H,13,14). The lowest BCUT2D eigenvalue weighted by Crippen LogP contribution is -2.31. The summed E-state index contributed by atoms with van der Waals surface area (Å²) in [6.07, 6.45) is 0.647. The highest BCUT2D eigenvalue weighted by Crippen LogP contribution is 2.03. The Morgan fingerprint density at radius 3 is 2.79 bits per heavy atom. The number of amides is 1. The maximum absolute atomic E-state index is 11.3. The first-order valence-electron chi connectivity index (χ1n) is 4.77. The molecule has 5 heteroatoms. The number of carbonyl (C=O) groups is 2. The number of rotatable bonds is 3. The number of carboxylic acids is 1. The van der Waals surface area contributed by atoms with Crippen molar-refractivity contribution in [2.75, 3.05) is 33.2 Å². The van der Waals surface area contributed by atoms with E-state index in [2.05, 4.69) is 0 Å². The fourth-order valence-electron chi connectivity index (χ4n) is 1.45. The number of carboxylic acid groups (broad SMARTS) is 1. The Kier molecular flexibility index (Phi) is 3.88. The molecule has 1 aliphatic rings. The summed E-state index contributed by atoms with van der Waals surface area (Å²) in [5.74, 6) is -0.642. The topological polar surface area (TPSA) is 60.9 Å². The summed E-state index contributed by atoms with van der Waals surface area (Å²) < 4.78 is 0. The van der Waals surface area contributed by atoms with Crippen molar-refractivity contribution >= 4 is 11.9 Å². The molecule has 0 aliphatic carbocycles. The van der Waals surface area contributed by atoms with Crippen molar-refractivity contribution in [3.63, 3.8) is 0 Å². The molecule has 0 spiro atoms. The molecule has 5 nitrogen and oxygen atoms in total. The molecule has 0 bridgehead atoms. The van der Waals surface area contributed by atoms with E-state index in [9.17, 15) is 9.59 Å². The molecular weight excluding hydrogens is 184 g/mol. The van der Waals surface area contributed by atoms with E-state index >= 15 is 0 Å². The Balaban J connectivity index is 2.34. The molecule has 1 heterocycles. The quantitative estimate of drug-likeness (QED) is 0.675. The first kappa shape index (κ1) is 11.0. The lowest BCUT2D eigenvalue weighted by molar-refractivity contribution is -0.137. The molecule has 0 aromatic rings. The normalized spacial score (nSPS) is 19.5. The molecule has 1 N–H and O–H groups in total. The Hall–Kier alpha value is -1.10. The van der Waals surface area contributed by atoms with E-state index in [1.54, 1.807) is 11.9 Å². The van der Waals surface area contributed by atoms with Crippen LogP contribution in [0.5, 0.6) is 0 Å². The van der Waals surface area contributed by atoms with Crippen LogP contribution in [-0.2, 0) is 9.59 Å². The van der Waals surface area contributed by atoms with Crippen molar-refractivity contribution in [3.8, 4) is 0 Å². The van der Waals surface area contributed by atoms with E-state index in [-0.39, 0.29) is 12.3 Å². The molecule has 1 rings (SSSR count). The molecule has 0 radical (unpaired) electrons. The number of likely N-dealkylation sites (N-methyl/N-ethyl adjacent to an activating group) is 1. The van der Waals surface area contributed by atoms with Gasteiger partial charge in [0.05, 0.1) is 6.42 Å². The van der Waals surface area contributed by atoms with Gasteiger partial charge in [-0.15, -0.1) is 0 Å². The summed E-state index contributed by atoms with van der Waals surface area (Å²) in [4.78, 5) is 25.4. The SMILES string of the molecule is CN1CCN(CCC(=O)O)CCC1=O. The van der Waals surface area contributed by atoms with Crippen LogP contribution in [0.2, 0.25) is 0 Å². The second-order valence-electron chi connectivity index (χ2n) is 3.55. The third-order valence-electron chi connectivity index (χ3n) is 2.46. The molecule has 80 valence electrons. The second-order valence-corrected chi connectivity index (χ2v) is 3.55. The summed E-state index contributed by atoms with van der Waals surface area (Å²) in [6, 6.07) is 0. The van der Waals surface area contributed by atoms with Crippen molar-refractivity contribution in [2.45, 2.75) is 12.8 Å². The minimum atomic E-state index is -0.783. The van der Waals surface area contributed by atoms with Gasteiger partial charge in [0.25, 0.3) is 0 Å². The molecule has 0 aromatic heterocycles. The molecule has 0 saturated carbocycles. The lowest BCUT2D eigenvalue weighted by atomic mass is 10.3. The first-order chi connectivity index (χ1) is 6.59. The van der Waals surface area contributed by atoms with Crippen LogP contribution >= 0.6 is 0 Å². The zero-order chi connectivity index (χ0) is 10.6. The van der Waals surface area contributed by atoms with Crippen LogP contribution in [-0.4, -0.2) is 60.0 Å². The maximum Gasteiger partial charge on any atom is 0.304 e. The largest absolute Gasteiger partial charge is 0.481 e. The van der Waals surface area contributed by atoms with Crippen LogP contribution in [0.15, 0.2) is 0 Å². The number of hydrogen-bond donors (Lipinski definition) is 1. The van der Waals surface area contributed by atoms with Gasteiger partial charge in [0.2, 0.25) is 5.91 Å². The van der Waals surface area contributed by atoms with Crippen LogP contribution in [0, 0.1) is 0 Å². The number of aliphatic carboxylic acids is 1. The van der Waals surface area contributed by atoms with Gasteiger partial charge in [-0.05, 0) is 0 Å². The predicted octanol–water partition coefficient (Wildman–Crippen LogP) is -0.375. The average molecular weight is 200 g/mol. The van der Waals surface area contributed by atoms with Crippen LogP contribution in [0.4, 0.5) is 0 Å². The van der Waals surface area contributed by atoms with Crippen molar-refractivity contribution < 1.29 is 14.7 Å². The van der Waals surface area contributed by atoms with Gasteiger partial charge in [0.15, 0.2) is 0 Å². The summed E-state index contributed by atoms with van der Waals surface area (Å²) in [5, 5.41) is 8.51. The molecule has 1 aliphatic heterocycles. The number of nitrogens with zero attached hydrogens (tertiary/aromatic N) is 2. The summed E-state index contributed by atoms with van der Waals surface area (Å²) in [7, 11) is 1.78. The molecule has 0 unspecified atom stereocenters. The average Bonchev–Trinajstić information content (AvgIpc) is 2.28. The van der Waals surface area contributed by atoms with E-state index < -0.39 is 5.97 Å². The highest BCUT2D eigenvalue weighted by atomic mass is 16.4. The molecular formula is C9H16N2O3. The van der Waals surface area contributed by atoms with Crippen LogP contribution in [0.3, 0.4) is 0 Å². The van der Waals surface area contributed by atoms with Crippen LogP contribution in [0.1, 0.15) is 12.8 Å². The van der Waals surface area contributed by atoms with E-state index in [1.165, 1.54) is 0 Å². The van der Waals surface area contributed by atoms with E-state index in [1.807, 2.05) is 4.90 Å². The highest BCUT2D eigenvalue weighted by Gasteiger charge is 2.17. The lowest BCUT2D eigenvalue weighted by Gasteiger charge is -2.18. The fourth-order valence-corrected chi connectivity index (χ4v) is 1.45. The summed E-state index contributed by atoms with van der Waals surface area (Å²) in [5.41, 5.74) is 0. The molecule has 1 amide bonds. The minimum Gasteiger partial charge on any atom is -0.481 e. The van der Waals surface area contributed by atoms with Gasteiger partial charge >= 0.3 is 5.97 Å². The van der Waals surface area contributed by atoms with Gasteiger partial charge in [-0.1, -0.05) is 0 Å². The van der Waals surface area contributed by atoms with Crippen LogP contribution < -0.4 is 0 Å². The Labute approximate surface area is 83.3 Å². The highest BCUT2D eigenvalue weighted by molar-refractivity contribution is 5.76. The molecule has 1 fully saturated rings.